The molecule has 0 aliphatic carbocycles. The number of rotatable bonds is 2. The van der Waals surface area contributed by atoms with Gasteiger partial charge in [-0.1, -0.05) is 6.07 Å². The molecule has 0 aromatic carbocycles. The van der Waals surface area contributed by atoms with E-state index in [1.165, 1.54) is 18.0 Å². The molecule has 17 heavy (non-hydrogen) atoms. The highest BCUT2D eigenvalue weighted by Gasteiger charge is 2.42. The zero-order valence-electron chi connectivity index (χ0n) is 8.65. The average Bonchev–Trinajstić information content (AvgIpc) is 2.65. The van der Waals surface area contributed by atoms with Crippen molar-refractivity contribution in [2.45, 2.75) is 11.2 Å². The van der Waals surface area contributed by atoms with E-state index in [-0.39, 0.29) is 0 Å². The van der Waals surface area contributed by atoms with Gasteiger partial charge in [0.1, 0.15) is 5.03 Å². The molecule has 0 spiro atoms. The lowest BCUT2D eigenvalue weighted by atomic mass is 10.3. The number of ketones is 1. The number of imidazole rings is 1. The number of Topliss-reactive ketones (excluding diaryl/α,β-unsaturated/α-hetero) is 1. The molecule has 3 nitrogen and oxygen atoms in total. The Balaban J connectivity index is 2.67. The lowest BCUT2D eigenvalue weighted by Crippen LogP contribution is -2.25. The number of alkyl halides is 3. The first-order valence-electron chi connectivity index (χ1n) is 4.57. The van der Waals surface area contributed by atoms with E-state index < -0.39 is 17.8 Å². The molecule has 0 amide bonds. The molecular formula is C10H7F3N2OS. The largest absolute Gasteiger partial charge is 0.458 e. The molecule has 0 bridgehead atoms. The van der Waals surface area contributed by atoms with E-state index in [1.807, 2.05) is 0 Å². The molecule has 0 aliphatic rings. The van der Waals surface area contributed by atoms with Crippen molar-refractivity contribution in [2.24, 2.45) is 0 Å². The fourth-order valence-corrected chi connectivity index (χ4v) is 2.00. The zero-order valence-corrected chi connectivity index (χ0v) is 9.47. The third kappa shape index (κ3) is 2.02. The van der Waals surface area contributed by atoms with E-state index in [0.29, 0.717) is 10.5 Å². The number of hydrogen-bond acceptors (Lipinski definition) is 3. The highest BCUT2D eigenvalue weighted by Crippen LogP contribution is 2.26. The summed E-state index contributed by atoms with van der Waals surface area (Å²) in [5.41, 5.74) is 0.493. The van der Waals surface area contributed by atoms with E-state index in [1.54, 1.807) is 24.5 Å². The van der Waals surface area contributed by atoms with Crippen LogP contribution in [-0.4, -0.2) is 27.6 Å². The summed E-state index contributed by atoms with van der Waals surface area (Å²) in [6.45, 7) is 0. The minimum Gasteiger partial charge on any atom is -0.296 e. The topological polar surface area (TPSA) is 34.4 Å². The quantitative estimate of drug-likeness (QED) is 0.615. The van der Waals surface area contributed by atoms with Crippen molar-refractivity contribution in [3.05, 3.63) is 30.2 Å². The maximum Gasteiger partial charge on any atom is 0.458 e. The third-order valence-electron chi connectivity index (χ3n) is 2.17. The molecule has 7 heteroatoms. The number of carbonyl (C=O) groups is 1. The molecule has 90 valence electrons. The number of pyridine rings is 1. The van der Waals surface area contributed by atoms with E-state index in [0.717, 1.165) is 4.40 Å². The van der Waals surface area contributed by atoms with Crippen LogP contribution >= 0.6 is 11.8 Å². The first kappa shape index (κ1) is 12.0. The standard InChI is InChI=1S/C10H7F3N2OS/c1-17-9-6-4-2-3-5-15(6)8(14-9)7(16)10(11,12)13/h2-5H,1H3. The predicted molar refractivity (Wildman–Crippen MR) is 57.4 cm³/mol. The Hall–Kier alpha value is -1.50. The summed E-state index contributed by atoms with van der Waals surface area (Å²) in [6.07, 6.45) is -1.83. The van der Waals surface area contributed by atoms with Crippen LogP contribution in [0.3, 0.4) is 0 Å². The molecular weight excluding hydrogens is 253 g/mol. The fraction of sp³-hybridized carbons (Fsp3) is 0.200. The smallest absolute Gasteiger partial charge is 0.296 e. The van der Waals surface area contributed by atoms with E-state index in [4.69, 9.17) is 0 Å². The predicted octanol–water partition coefficient (Wildman–Crippen LogP) is 2.80. The Morgan fingerprint density at radius 1 is 1.41 bits per heavy atom. The summed E-state index contributed by atoms with van der Waals surface area (Å²) in [5.74, 6) is -2.53. The summed E-state index contributed by atoms with van der Waals surface area (Å²) in [4.78, 5) is 14.9. The summed E-state index contributed by atoms with van der Waals surface area (Å²) >= 11 is 1.20. The van der Waals surface area contributed by atoms with Crippen LogP contribution in [0.25, 0.3) is 5.52 Å². The van der Waals surface area contributed by atoms with Crippen LogP contribution in [0, 0.1) is 0 Å². The summed E-state index contributed by atoms with van der Waals surface area (Å²) in [6, 6.07) is 4.84. The molecule has 2 rings (SSSR count). The number of thioether (sulfide) groups is 1. The number of hydrogen-bond donors (Lipinski definition) is 0. The van der Waals surface area contributed by atoms with Crippen LogP contribution in [0.5, 0.6) is 0 Å². The van der Waals surface area contributed by atoms with Crippen molar-refractivity contribution < 1.29 is 18.0 Å². The van der Waals surface area contributed by atoms with E-state index in [9.17, 15) is 18.0 Å². The summed E-state index contributed by atoms with van der Waals surface area (Å²) in [7, 11) is 0. The molecule has 0 unspecified atom stereocenters. The Bertz CT molecular complexity index is 576. The monoisotopic (exact) mass is 260 g/mol. The van der Waals surface area contributed by atoms with Crippen LogP contribution in [-0.2, 0) is 0 Å². The normalized spacial score (nSPS) is 12.0. The van der Waals surface area contributed by atoms with Crippen LogP contribution in [0.1, 0.15) is 10.6 Å². The SMILES string of the molecule is CSc1nc(C(=O)C(F)(F)F)n2ccccc12. The Morgan fingerprint density at radius 2 is 2.12 bits per heavy atom. The molecule has 2 aromatic rings. The molecule has 0 saturated heterocycles. The van der Waals surface area contributed by atoms with Crippen LogP contribution < -0.4 is 0 Å². The Morgan fingerprint density at radius 3 is 2.71 bits per heavy atom. The second kappa shape index (κ2) is 4.06. The molecule has 0 aliphatic heterocycles. The van der Waals surface area contributed by atoms with Gasteiger partial charge >= 0.3 is 12.0 Å². The van der Waals surface area contributed by atoms with Gasteiger partial charge in [-0.2, -0.15) is 13.2 Å². The molecule has 2 heterocycles. The van der Waals surface area contributed by atoms with Crippen molar-refractivity contribution in [2.75, 3.05) is 6.26 Å². The third-order valence-corrected chi connectivity index (χ3v) is 2.86. The Kier molecular flexibility index (Phi) is 2.86. The number of nitrogens with zero attached hydrogens (tertiary/aromatic N) is 2. The summed E-state index contributed by atoms with van der Waals surface area (Å²) < 4.78 is 38.3. The van der Waals surface area contributed by atoms with Crippen molar-refractivity contribution in [3.63, 3.8) is 0 Å². The second-order valence-electron chi connectivity index (χ2n) is 3.23. The van der Waals surface area contributed by atoms with Gasteiger partial charge in [0.2, 0.25) is 0 Å². The average molecular weight is 260 g/mol. The maximum atomic E-state index is 12.4. The fourth-order valence-electron chi connectivity index (χ4n) is 1.45. The van der Waals surface area contributed by atoms with Gasteiger partial charge in [0, 0.05) is 6.20 Å². The zero-order chi connectivity index (χ0) is 12.6. The van der Waals surface area contributed by atoms with Crippen molar-refractivity contribution >= 4 is 23.1 Å². The van der Waals surface area contributed by atoms with Crippen molar-refractivity contribution in [1.29, 1.82) is 0 Å². The highest BCUT2D eigenvalue weighted by molar-refractivity contribution is 7.98. The van der Waals surface area contributed by atoms with E-state index in [2.05, 4.69) is 4.98 Å². The lowest BCUT2D eigenvalue weighted by molar-refractivity contribution is -0.0892. The maximum absolute atomic E-state index is 12.4. The highest BCUT2D eigenvalue weighted by atomic mass is 32.2. The van der Waals surface area contributed by atoms with Crippen LogP contribution in [0.15, 0.2) is 29.4 Å². The second-order valence-corrected chi connectivity index (χ2v) is 4.02. The number of fused-ring (bicyclic) bond motifs is 1. The number of halogens is 3. The first-order chi connectivity index (χ1) is 7.95. The van der Waals surface area contributed by atoms with Crippen LogP contribution in [0.2, 0.25) is 0 Å². The van der Waals surface area contributed by atoms with Gasteiger partial charge < -0.3 is 0 Å². The molecule has 2 aromatic heterocycles. The molecule has 0 atom stereocenters. The minimum atomic E-state index is -4.91. The molecule has 0 saturated carbocycles. The molecule has 0 N–H and O–H groups in total. The Labute approximate surface area is 98.6 Å². The van der Waals surface area contributed by atoms with Gasteiger partial charge in [-0.3, -0.25) is 9.20 Å². The van der Waals surface area contributed by atoms with Crippen molar-refractivity contribution in [3.8, 4) is 0 Å². The lowest BCUT2D eigenvalue weighted by Gasteiger charge is -2.03. The number of carbonyl (C=O) groups excluding carboxylic acids is 1. The van der Waals surface area contributed by atoms with Crippen LogP contribution in [0.4, 0.5) is 13.2 Å². The summed E-state index contributed by atoms with van der Waals surface area (Å²) in [5, 5.41) is 0.401. The minimum absolute atomic E-state index is 0.401. The number of aromatic nitrogens is 2. The van der Waals surface area contributed by atoms with Gasteiger partial charge in [0.05, 0.1) is 5.52 Å². The van der Waals surface area contributed by atoms with Gasteiger partial charge in [-0.05, 0) is 18.4 Å². The van der Waals surface area contributed by atoms with Gasteiger partial charge in [-0.15, -0.1) is 11.8 Å². The van der Waals surface area contributed by atoms with Gasteiger partial charge in [0.25, 0.3) is 0 Å². The van der Waals surface area contributed by atoms with Crippen molar-refractivity contribution in [1.82, 2.24) is 9.38 Å². The van der Waals surface area contributed by atoms with E-state index >= 15 is 0 Å². The van der Waals surface area contributed by atoms with Gasteiger partial charge in [0.15, 0.2) is 5.82 Å². The first-order valence-corrected chi connectivity index (χ1v) is 5.80. The van der Waals surface area contributed by atoms with Gasteiger partial charge in [-0.25, -0.2) is 4.98 Å². The molecule has 0 fully saturated rings. The molecule has 0 radical (unpaired) electrons.